The van der Waals surface area contributed by atoms with E-state index in [0.717, 1.165) is 12.8 Å². The molecule has 0 spiro atoms. The van der Waals surface area contributed by atoms with Crippen LogP contribution in [-0.2, 0) is 14.3 Å². The Kier molecular flexibility index (Phi) is 7.31. The van der Waals surface area contributed by atoms with Crippen LogP contribution in [-0.4, -0.2) is 17.9 Å². The lowest BCUT2D eigenvalue weighted by Crippen LogP contribution is -2.13. The zero-order valence-corrected chi connectivity index (χ0v) is 14.1. The van der Waals surface area contributed by atoms with E-state index in [0.29, 0.717) is 12.8 Å². The first-order valence-electron chi connectivity index (χ1n) is 8.95. The highest BCUT2D eigenvalue weighted by atomic mass is 16.5. The van der Waals surface area contributed by atoms with Crippen LogP contribution in [0.4, 0.5) is 0 Å². The molecular formula is C20H28O3. The second kappa shape index (κ2) is 9.49. The number of rotatable bonds is 9. The van der Waals surface area contributed by atoms with Crippen molar-refractivity contribution in [3.05, 3.63) is 36.5 Å². The van der Waals surface area contributed by atoms with E-state index in [4.69, 9.17) is 4.74 Å². The van der Waals surface area contributed by atoms with Gasteiger partial charge in [0.1, 0.15) is 6.10 Å². The minimum atomic E-state index is -0.123. The van der Waals surface area contributed by atoms with Gasteiger partial charge in [0, 0.05) is 18.3 Å². The second-order valence-electron chi connectivity index (χ2n) is 6.45. The van der Waals surface area contributed by atoms with Gasteiger partial charge in [0.05, 0.1) is 0 Å². The minimum Gasteiger partial charge on any atom is -0.458 e. The molecular weight excluding hydrogens is 288 g/mol. The molecule has 23 heavy (non-hydrogen) atoms. The standard InChI is InChI=1S/C20H28O3/c1-2-3-4-5-6-7-9-16-12-14-19(21)18(16)11-8-10-17-13-15-20(22)23-17/h7-10,12,14,16-18H,2-6,11,13,15H2,1H3. The van der Waals surface area contributed by atoms with E-state index in [2.05, 4.69) is 19.1 Å². The van der Waals surface area contributed by atoms with E-state index >= 15 is 0 Å². The molecule has 1 aliphatic carbocycles. The van der Waals surface area contributed by atoms with Crippen LogP contribution in [0.3, 0.4) is 0 Å². The lowest BCUT2D eigenvalue weighted by Gasteiger charge is -2.13. The summed E-state index contributed by atoms with van der Waals surface area (Å²) in [5, 5.41) is 0. The van der Waals surface area contributed by atoms with Crippen molar-refractivity contribution in [1.82, 2.24) is 0 Å². The number of hydrogen-bond acceptors (Lipinski definition) is 3. The maximum atomic E-state index is 12.0. The molecule has 3 unspecified atom stereocenters. The lowest BCUT2D eigenvalue weighted by atomic mass is 9.90. The van der Waals surface area contributed by atoms with E-state index in [1.165, 1.54) is 25.7 Å². The molecule has 0 saturated carbocycles. The number of unbranched alkanes of at least 4 members (excludes halogenated alkanes) is 4. The SMILES string of the molecule is CCCCCCC=CC1C=CC(=O)C1CC=CC1CCC(=O)O1. The highest BCUT2D eigenvalue weighted by molar-refractivity contribution is 5.95. The van der Waals surface area contributed by atoms with Gasteiger partial charge in [-0.1, -0.05) is 50.5 Å². The maximum absolute atomic E-state index is 12.0. The molecule has 2 aliphatic rings. The lowest BCUT2D eigenvalue weighted by molar-refractivity contribution is -0.140. The van der Waals surface area contributed by atoms with E-state index in [-0.39, 0.29) is 29.7 Å². The Labute approximate surface area is 139 Å². The zero-order chi connectivity index (χ0) is 16.5. The monoisotopic (exact) mass is 316 g/mol. The van der Waals surface area contributed by atoms with Gasteiger partial charge in [0.2, 0.25) is 0 Å². The molecule has 3 atom stereocenters. The Morgan fingerprint density at radius 1 is 1.17 bits per heavy atom. The zero-order valence-electron chi connectivity index (χ0n) is 14.1. The second-order valence-corrected chi connectivity index (χ2v) is 6.45. The molecule has 1 heterocycles. The Morgan fingerprint density at radius 2 is 2.04 bits per heavy atom. The summed E-state index contributed by atoms with van der Waals surface area (Å²) in [7, 11) is 0. The van der Waals surface area contributed by atoms with Gasteiger partial charge < -0.3 is 4.74 Å². The van der Waals surface area contributed by atoms with Crippen molar-refractivity contribution in [3.63, 3.8) is 0 Å². The summed E-state index contributed by atoms with van der Waals surface area (Å²) in [5.41, 5.74) is 0. The average Bonchev–Trinajstić information content (AvgIpc) is 3.10. The topological polar surface area (TPSA) is 43.4 Å². The summed E-state index contributed by atoms with van der Waals surface area (Å²) < 4.78 is 5.15. The molecule has 2 rings (SSSR count). The van der Waals surface area contributed by atoms with Crippen molar-refractivity contribution in [2.45, 2.75) is 64.4 Å². The molecule has 0 N–H and O–H groups in total. The number of allylic oxidation sites excluding steroid dienone is 5. The Balaban J connectivity index is 1.75. The fourth-order valence-electron chi connectivity index (χ4n) is 3.13. The molecule has 0 aromatic rings. The summed E-state index contributed by atoms with van der Waals surface area (Å²) in [4.78, 5) is 23.1. The van der Waals surface area contributed by atoms with Crippen molar-refractivity contribution in [2.24, 2.45) is 11.8 Å². The molecule has 0 radical (unpaired) electrons. The molecule has 1 fully saturated rings. The van der Waals surface area contributed by atoms with Crippen LogP contribution in [0.25, 0.3) is 0 Å². The van der Waals surface area contributed by atoms with Gasteiger partial charge in [-0.25, -0.2) is 0 Å². The molecule has 126 valence electrons. The van der Waals surface area contributed by atoms with E-state index in [1.54, 1.807) is 6.08 Å². The summed E-state index contributed by atoms with van der Waals surface area (Å²) in [6.07, 6.45) is 20.1. The smallest absolute Gasteiger partial charge is 0.306 e. The van der Waals surface area contributed by atoms with Gasteiger partial charge in [-0.2, -0.15) is 0 Å². The number of ketones is 1. The van der Waals surface area contributed by atoms with Crippen LogP contribution in [0.1, 0.15) is 58.3 Å². The fraction of sp³-hybridized carbons (Fsp3) is 0.600. The quantitative estimate of drug-likeness (QED) is 0.356. The van der Waals surface area contributed by atoms with Crippen LogP contribution < -0.4 is 0 Å². The first-order valence-corrected chi connectivity index (χ1v) is 8.95. The van der Waals surface area contributed by atoms with Crippen molar-refractivity contribution in [1.29, 1.82) is 0 Å². The van der Waals surface area contributed by atoms with Crippen LogP contribution >= 0.6 is 0 Å². The number of esters is 1. The van der Waals surface area contributed by atoms with E-state index in [9.17, 15) is 9.59 Å². The van der Waals surface area contributed by atoms with Crippen LogP contribution in [0.5, 0.6) is 0 Å². The molecule has 0 bridgehead atoms. The van der Waals surface area contributed by atoms with Crippen LogP contribution in [0.2, 0.25) is 0 Å². The summed E-state index contributed by atoms with van der Waals surface area (Å²) >= 11 is 0. The highest BCUT2D eigenvalue weighted by Gasteiger charge is 2.27. The Hall–Kier alpha value is -1.64. The molecule has 0 aromatic carbocycles. The largest absolute Gasteiger partial charge is 0.458 e. The van der Waals surface area contributed by atoms with Crippen LogP contribution in [0.15, 0.2) is 36.5 Å². The van der Waals surface area contributed by atoms with E-state index in [1.807, 2.05) is 18.2 Å². The van der Waals surface area contributed by atoms with Gasteiger partial charge in [0.25, 0.3) is 0 Å². The van der Waals surface area contributed by atoms with Crippen molar-refractivity contribution in [2.75, 3.05) is 0 Å². The number of cyclic esters (lactones) is 1. The van der Waals surface area contributed by atoms with Crippen molar-refractivity contribution < 1.29 is 14.3 Å². The first-order chi connectivity index (χ1) is 11.2. The van der Waals surface area contributed by atoms with Gasteiger partial charge in [-0.15, -0.1) is 0 Å². The Bertz CT molecular complexity index is 487. The molecule has 1 aliphatic heterocycles. The van der Waals surface area contributed by atoms with E-state index < -0.39 is 0 Å². The summed E-state index contributed by atoms with van der Waals surface area (Å²) in [6.45, 7) is 2.22. The predicted octanol–water partition coefficient (Wildman–Crippen LogP) is 4.54. The first kappa shape index (κ1) is 17.7. The van der Waals surface area contributed by atoms with Gasteiger partial charge in [-0.05, 0) is 37.8 Å². The third kappa shape index (κ3) is 5.81. The van der Waals surface area contributed by atoms with Gasteiger partial charge in [0.15, 0.2) is 5.78 Å². The summed E-state index contributed by atoms with van der Waals surface area (Å²) in [6, 6.07) is 0. The third-order valence-electron chi connectivity index (χ3n) is 4.55. The number of carbonyl (C=O) groups is 2. The molecule has 3 heteroatoms. The number of carbonyl (C=O) groups excluding carboxylic acids is 2. The van der Waals surface area contributed by atoms with Crippen molar-refractivity contribution >= 4 is 11.8 Å². The fourth-order valence-corrected chi connectivity index (χ4v) is 3.13. The van der Waals surface area contributed by atoms with Gasteiger partial charge >= 0.3 is 5.97 Å². The molecule has 0 aromatic heterocycles. The molecule has 0 amide bonds. The maximum Gasteiger partial charge on any atom is 0.306 e. The van der Waals surface area contributed by atoms with Gasteiger partial charge in [-0.3, -0.25) is 9.59 Å². The normalized spacial score (nSPS) is 27.6. The molecule has 3 nitrogen and oxygen atoms in total. The Morgan fingerprint density at radius 3 is 2.78 bits per heavy atom. The third-order valence-corrected chi connectivity index (χ3v) is 4.55. The van der Waals surface area contributed by atoms with Crippen LogP contribution in [0, 0.1) is 11.8 Å². The average molecular weight is 316 g/mol. The highest BCUT2D eigenvalue weighted by Crippen LogP contribution is 2.28. The molecule has 1 saturated heterocycles. The number of hydrogen-bond donors (Lipinski definition) is 0. The summed E-state index contributed by atoms with van der Waals surface area (Å²) in [5.74, 6) is 0.306. The van der Waals surface area contributed by atoms with Crippen molar-refractivity contribution in [3.8, 4) is 0 Å². The predicted molar refractivity (Wildman–Crippen MR) is 91.9 cm³/mol. The minimum absolute atomic E-state index is 0.00949. The number of ether oxygens (including phenoxy) is 1.